The molecule has 2 rings (SSSR count). The van der Waals surface area contributed by atoms with E-state index in [1.54, 1.807) is 6.07 Å². The van der Waals surface area contributed by atoms with Gasteiger partial charge in [0.1, 0.15) is 5.69 Å². The van der Waals surface area contributed by atoms with Crippen LogP contribution in [0, 0.1) is 0 Å². The fraction of sp³-hybridized carbons (Fsp3) is 0.357. The van der Waals surface area contributed by atoms with Gasteiger partial charge >= 0.3 is 5.97 Å². The van der Waals surface area contributed by atoms with E-state index < -0.39 is 5.97 Å². The number of hydrogen-bond donors (Lipinski definition) is 1. The highest BCUT2D eigenvalue weighted by molar-refractivity contribution is 7.99. The Morgan fingerprint density at radius 3 is 2.89 bits per heavy atom. The second-order valence-electron chi connectivity index (χ2n) is 4.10. The summed E-state index contributed by atoms with van der Waals surface area (Å²) in [6.45, 7) is 2.90. The third-order valence-electron chi connectivity index (χ3n) is 2.90. The number of nitrogens with zero attached hydrogens (tertiary/aromatic N) is 1. The number of aromatic carboxylic acids is 1. The summed E-state index contributed by atoms with van der Waals surface area (Å²) in [6.07, 6.45) is 0.997. The molecule has 0 atom stereocenters. The van der Waals surface area contributed by atoms with Gasteiger partial charge < -0.3 is 9.67 Å². The van der Waals surface area contributed by atoms with Crippen molar-refractivity contribution in [1.29, 1.82) is 0 Å². The van der Waals surface area contributed by atoms with Crippen LogP contribution in [0.25, 0.3) is 10.9 Å². The zero-order chi connectivity index (χ0) is 13.0. The molecule has 0 fully saturated rings. The number of aryl methyl sites for hydroxylation is 1. The van der Waals surface area contributed by atoms with Crippen LogP contribution in [0.2, 0.25) is 0 Å². The molecule has 0 radical (unpaired) electrons. The Hall–Kier alpha value is -1.42. The van der Waals surface area contributed by atoms with Crippen LogP contribution in [0.5, 0.6) is 0 Å². The highest BCUT2D eigenvalue weighted by Crippen LogP contribution is 2.20. The summed E-state index contributed by atoms with van der Waals surface area (Å²) in [6, 6.07) is 9.58. The fourth-order valence-electron chi connectivity index (χ4n) is 2.10. The van der Waals surface area contributed by atoms with Gasteiger partial charge in [-0.3, -0.25) is 0 Å². The van der Waals surface area contributed by atoms with Crippen molar-refractivity contribution >= 4 is 28.6 Å². The Balaban J connectivity index is 2.27. The SMILES string of the molecule is CCSCCCn1c(C(=O)O)cc2ccccc21. The van der Waals surface area contributed by atoms with E-state index >= 15 is 0 Å². The predicted molar refractivity (Wildman–Crippen MR) is 76.5 cm³/mol. The molecular weight excluding hydrogens is 246 g/mol. The van der Waals surface area contributed by atoms with E-state index in [2.05, 4.69) is 6.92 Å². The van der Waals surface area contributed by atoms with Gasteiger partial charge in [0.2, 0.25) is 0 Å². The second-order valence-corrected chi connectivity index (χ2v) is 5.49. The number of para-hydroxylation sites is 1. The molecular formula is C14H17NO2S. The molecule has 18 heavy (non-hydrogen) atoms. The summed E-state index contributed by atoms with van der Waals surface area (Å²) in [5.74, 6) is 1.33. The molecule has 3 nitrogen and oxygen atoms in total. The minimum atomic E-state index is -0.852. The van der Waals surface area contributed by atoms with Crippen molar-refractivity contribution in [2.45, 2.75) is 19.9 Å². The zero-order valence-electron chi connectivity index (χ0n) is 10.4. The van der Waals surface area contributed by atoms with E-state index in [-0.39, 0.29) is 0 Å². The van der Waals surface area contributed by atoms with E-state index in [4.69, 9.17) is 0 Å². The lowest BCUT2D eigenvalue weighted by Crippen LogP contribution is -2.09. The number of rotatable bonds is 6. The van der Waals surface area contributed by atoms with Crippen LogP contribution in [0.15, 0.2) is 30.3 Å². The first kappa shape index (κ1) is 13.0. The third-order valence-corrected chi connectivity index (χ3v) is 3.89. The number of thioether (sulfide) groups is 1. The smallest absolute Gasteiger partial charge is 0.352 e. The number of hydrogen-bond acceptors (Lipinski definition) is 2. The number of fused-ring (bicyclic) bond motifs is 1. The molecule has 0 bridgehead atoms. The summed E-state index contributed by atoms with van der Waals surface area (Å²) in [5.41, 5.74) is 1.40. The second kappa shape index (κ2) is 5.96. The number of aromatic nitrogens is 1. The first-order valence-electron chi connectivity index (χ1n) is 6.13. The van der Waals surface area contributed by atoms with E-state index in [0.29, 0.717) is 5.69 Å². The van der Waals surface area contributed by atoms with Crippen molar-refractivity contribution < 1.29 is 9.90 Å². The molecule has 0 aliphatic carbocycles. The largest absolute Gasteiger partial charge is 0.477 e. The van der Waals surface area contributed by atoms with Gasteiger partial charge in [-0.2, -0.15) is 11.8 Å². The maximum absolute atomic E-state index is 11.3. The van der Waals surface area contributed by atoms with Crippen molar-refractivity contribution in [2.24, 2.45) is 0 Å². The van der Waals surface area contributed by atoms with Crippen LogP contribution >= 0.6 is 11.8 Å². The van der Waals surface area contributed by atoms with Crippen molar-refractivity contribution in [2.75, 3.05) is 11.5 Å². The molecule has 1 aromatic heterocycles. The number of carboxylic acid groups (broad SMARTS) is 1. The molecule has 0 unspecified atom stereocenters. The average molecular weight is 263 g/mol. The van der Waals surface area contributed by atoms with Crippen LogP contribution in [-0.2, 0) is 6.54 Å². The molecule has 2 aromatic rings. The van der Waals surface area contributed by atoms with Crippen LogP contribution in [0.3, 0.4) is 0 Å². The van der Waals surface area contributed by atoms with Gasteiger partial charge in [-0.1, -0.05) is 25.1 Å². The van der Waals surface area contributed by atoms with E-state index in [9.17, 15) is 9.90 Å². The van der Waals surface area contributed by atoms with Gasteiger partial charge in [0, 0.05) is 17.4 Å². The molecule has 0 amide bonds. The maximum Gasteiger partial charge on any atom is 0.352 e. The predicted octanol–water partition coefficient (Wildman–Crippen LogP) is 3.48. The maximum atomic E-state index is 11.3. The minimum Gasteiger partial charge on any atom is -0.477 e. The van der Waals surface area contributed by atoms with Crippen molar-refractivity contribution in [3.63, 3.8) is 0 Å². The summed E-state index contributed by atoms with van der Waals surface area (Å²) < 4.78 is 1.91. The van der Waals surface area contributed by atoms with Crippen molar-refractivity contribution in [1.82, 2.24) is 4.57 Å². The lowest BCUT2D eigenvalue weighted by molar-refractivity contribution is 0.0685. The lowest BCUT2D eigenvalue weighted by atomic mass is 10.2. The molecule has 1 N–H and O–H groups in total. The quantitative estimate of drug-likeness (QED) is 0.811. The van der Waals surface area contributed by atoms with Crippen LogP contribution < -0.4 is 0 Å². The monoisotopic (exact) mass is 263 g/mol. The average Bonchev–Trinajstić information content (AvgIpc) is 2.74. The molecule has 0 aliphatic heterocycles. The number of benzene rings is 1. The van der Waals surface area contributed by atoms with Gasteiger partial charge in [0.15, 0.2) is 0 Å². The molecule has 1 aromatic carbocycles. The van der Waals surface area contributed by atoms with E-state index in [1.807, 2.05) is 40.6 Å². The molecule has 4 heteroatoms. The highest BCUT2D eigenvalue weighted by atomic mass is 32.2. The molecule has 0 spiro atoms. The normalized spacial score (nSPS) is 10.9. The van der Waals surface area contributed by atoms with Gasteiger partial charge in [-0.05, 0) is 30.1 Å². The van der Waals surface area contributed by atoms with Gasteiger partial charge in [0.05, 0.1) is 0 Å². The Bertz CT molecular complexity index is 548. The summed E-state index contributed by atoms with van der Waals surface area (Å²) >= 11 is 1.89. The van der Waals surface area contributed by atoms with Gasteiger partial charge in [0.25, 0.3) is 0 Å². The Kier molecular flexibility index (Phi) is 4.31. The first-order chi connectivity index (χ1) is 8.74. The molecule has 96 valence electrons. The summed E-state index contributed by atoms with van der Waals surface area (Å²) in [4.78, 5) is 11.3. The molecule has 0 saturated carbocycles. The summed E-state index contributed by atoms with van der Waals surface area (Å²) in [7, 11) is 0. The van der Waals surface area contributed by atoms with Gasteiger partial charge in [-0.15, -0.1) is 0 Å². The van der Waals surface area contributed by atoms with Crippen molar-refractivity contribution in [3.8, 4) is 0 Å². The van der Waals surface area contributed by atoms with E-state index in [1.165, 1.54) is 0 Å². The van der Waals surface area contributed by atoms with E-state index in [0.717, 1.165) is 35.4 Å². The first-order valence-corrected chi connectivity index (χ1v) is 7.29. The number of carbonyl (C=O) groups is 1. The highest BCUT2D eigenvalue weighted by Gasteiger charge is 2.13. The zero-order valence-corrected chi connectivity index (χ0v) is 11.2. The van der Waals surface area contributed by atoms with Crippen LogP contribution in [-0.4, -0.2) is 27.1 Å². The molecule has 0 aliphatic rings. The van der Waals surface area contributed by atoms with Gasteiger partial charge in [-0.25, -0.2) is 4.79 Å². The Morgan fingerprint density at radius 1 is 1.39 bits per heavy atom. The third kappa shape index (κ3) is 2.70. The topological polar surface area (TPSA) is 42.2 Å². The molecule has 1 heterocycles. The fourth-order valence-corrected chi connectivity index (χ4v) is 2.72. The van der Waals surface area contributed by atoms with Crippen LogP contribution in [0.1, 0.15) is 23.8 Å². The Morgan fingerprint density at radius 2 is 2.17 bits per heavy atom. The summed E-state index contributed by atoms with van der Waals surface area (Å²) in [5, 5.41) is 10.2. The lowest BCUT2D eigenvalue weighted by Gasteiger charge is -2.07. The minimum absolute atomic E-state index is 0.387. The number of carboxylic acids is 1. The standard InChI is InChI=1S/C14H17NO2S/c1-2-18-9-5-8-15-12-7-4-3-6-11(12)10-13(15)14(16)17/h3-4,6-7,10H,2,5,8-9H2,1H3,(H,16,17). The molecule has 0 saturated heterocycles. The van der Waals surface area contributed by atoms with Crippen LogP contribution in [0.4, 0.5) is 0 Å². The Labute approximate surface area is 111 Å². The van der Waals surface area contributed by atoms with Crippen molar-refractivity contribution in [3.05, 3.63) is 36.0 Å².